The number of carboxylic acids is 1. The Morgan fingerprint density at radius 1 is 1.50 bits per heavy atom. The number of fused-ring (bicyclic) bond motifs is 1. The molecule has 0 aliphatic carbocycles. The zero-order valence-electron chi connectivity index (χ0n) is 11.2. The van der Waals surface area contributed by atoms with Gasteiger partial charge in [0.1, 0.15) is 17.4 Å². The Kier molecular flexibility index (Phi) is 3.56. The van der Waals surface area contributed by atoms with Gasteiger partial charge >= 0.3 is 5.97 Å². The van der Waals surface area contributed by atoms with E-state index in [0.29, 0.717) is 6.42 Å². The van der Waals surface area contributed by atoms with Crippen LogP contribution in [0.25, 0.3) is 11.0 Å². The maximum absolute atomic E-state index is 11.3. The number of carboxylic acid groups (broad SMARTS) is 1. The molecule has 0 spiro atoms. The van der Waals surface area contributed by atoms with Crippen LogP contribution in [-0.2, 0) is 4.79 Å². The highest BCUT2D eigenvalue weighted by Gasteiger charge is 2.35. The molecule has 2 atom stereocenters. The van der Waals surface area contributed by atoms with Crippen molar-refractivity contribution in [2.75, 3.05) is 6.54 Å². The van der Waals surface area contributed by atoms with Crippen LogP contribution >= 0.6 is 15.9 Å². The minimum absolute atomic E-state index is 0.0234. The number of nitrogens with zero attached hydrogens (tertiary/aromatic N) is 1. The van der Waals surface area contributed by atoms with E-state index in [1.54, 1.807) is 0 Å². The van der Waals surface area contributed by atoms with Crippen LogP contribution < -0.4 is 0 Å². The van der Waals surface area contributed by atoms with E-state index in [2.05, 4.69) is 15.9 Å². The summed E-state index contributed by atoms with van der Waals surface area (Å²) in [7, 11) is 0. The highest BCUT2D eigenvalue weighted by molar-refractivity contribution is 9.10. The van der Waals surface area contributed by atoms with Crippen molar-refractivity contribution in [1.82, 2.24) is 4.90 Å². The third kappa shape index (κ3) is 2.36. The fraction of sp³-hybridized carbons (Fsp3) is 0.400. The third-order valence-electron chi connectivity index (χ3n) is 3.99. The molecule has 1 saturated heterocycles. The van der Waals surface area contributed by atoms with E-state index in [1.165, 1.54) is 0 Å². The summed E-state index contributed by atoms with van der Waals surface area (Å²) in [5, 5.41) is 10.3. The Bertz CT molecular complexity index is 652. The fourth-order valence-electron chi connectivity index (χ4n) is 2.92. The zero-order valence-corrected chi connectivity index (χ0v) is 12.8. The van der Waals surface area contributed by atoms with Crippen molar-refractivity contribution in [3.63, 3.8) is 0 Å². The van der Waals surface area contributed by atoms with Crippen LogP contribution in [0.5, 0.6) is 0 Å². The summed E-state index contributed by atoms with van der Waals surface area (Å²) in [5.41, 5.74) is 0.834. The molecule has 0 bridgehead atoms. The van der Waals surface area contributed by atoms with Gasteiger partial charge in [0, 0.05) is 9.86 Å². The number of halogens is 1. The molecule has 1 fully saturated rings. The molecule has 2 aromatic rings. The molecule has 4 nitrogen and oxygen atoms in total. The van der Waals surface area contributed by atoms with Gasteiger partial charge in [-0.1, -0.05) is 15.9 Å². The number of carbonyl (C=O) groups is 1. The maximum atomic E-state index is 11.3. The topological polar surface area (TPSA) is 53.7 Å². The van der Waals surface area contributed by atoms with E-state index in [9.17, 15) is 9.90 Å². The van der Waals surface area contributed by atoms with Gasteiger partial charge in [-0.15, -0.1) is 0 Å². The summed E-state index contributed by atoms with van der Waals surface area (Å²) in [5.74, 6) is 0.0828. The number of hydrogen-bond donors (Lipinski definition) is 1. The van der Waals surface area contributed by atoms with Gasteiger partial charge in [0.05, 0.1) is 6.04 Å². The minimum atomic E-state index is -0.742. The molecular weight excluding hydrogens is 322 g/mol. The average molecular weight is 338 g/mol. The molecule has 1 aromatic carbocycles. The first kappa shape index (κ1) is 13.6. The van der Waals surface area contributed by atoms with Crippen molar-refractivity contribution in [3.05, 3.63) is 34.5 Å². The lowest BCUT2D eigenvalue weighted by Crippen LogP contribution is -2.37. The standard InChI is InChI=1S/C15H16BrNO3/c1-9(17-6-2-3-12(17)15(18)19)14-8-10-7-11(16)4-5-13(10)20-14/h4-5,7-9,12H,2-3,6H2,1H3,(H,18,19). The van der Waals surface area contributed by atoms with Gasteiger partial charge in [0.15, 0.2) is 0 Å². The van der Waals surface area contributed by atoms with E-state index in [1.807, 2.05) is 36.1 Å². The predicted molar refractivity (Wildman–Crippen MR) is 79.7 cm³/mol. The van der Waals surface area contributed by atoms with Crippen LogP contribution in [0, 0.1) is 0 Å². The molecule has 0 radical (unpaired) electrons. The van der Waals surface area contributed by atoms with Crippen molar-refractivity contribution in [3.8, 4) is 0 Å². The van der Waals surface area contributed by atoms with Crippen LogP contribution in [0.4, 0.5) is 0 Å². The van der Waals surface area contributed by atoms with Crippen molar-refractivity contribution in [2.24, 2.45) is 0 Å². The molecular formula is C15H16BrNO3. The molecule has 106 valence electrons. The maximum Gasteiger partial charge on any atom is 0.320 e. The smallest absolute Gasteiger partial charge is 0.320 e. The number of hydrogen-bond acceptors (Lipinski definition) is 3. The second-order valence-electron chi connectivity index (χ2n) is 5.24. The number of likely N-dealkylation sites (tertiary alicyclic amines) is 1. The molecule has 1 aliphatic heterocycles. The van der Waals surface area contributed by atoms with Gasteiger partial charge in [-0.2, -0.15) is 0 Å². The highest BCUT2D eigenvalue weighted by Crippen LogP contribution is 2.33. The lowest BCUT2D eigenvalue weighted by atomic mass is 10.1. The minimum Gasteiger partial charge on any atom is -0.480 e. The first-order valence-corrected chi connectivity index (χ1v) is 7.53. The van der Waals surface area contributed by atoms with Gasteiger partial charge in [-0.25, -0.2) is 0 Å². The zero-order chi connectivity index (χ0) is 14.3. The molecule has 20 heavy (non-hydrogen) atoms. The number of aliphatic carboxylic acids is 1. The molecule has 0 amide bonds. The van der Waals surface area contributed by atoms with Gasteiger partial charge in [-0.05, 0) is 50.6 Å². The van der Waals surface area contributed by atoms with Gasteiger partial charge in [-0.3, -0.25) is 9.69 Å². The molecule has 0 saturated carbocycles. The lowest BCUT2D eigenvalue weighted by Gasteiger charge is -2.26. The third-order valence-corrected chi connectivity index (χ3v) is 4.48. The van der Waals surface area contributed by atoms with Gasteiger partial charge in [0.25, 0.3) is 0 Å². The summed E-state index contributed by atoms with van der Waals surface area (Å²) in [6.45, 7) is 2.81. The highest BCUT2D eigenvalue weighted by atomic mass is 79.9. The van der Waals surface area contributed by atoms with Gasteiger partial charge < -0.3 is 9.52 Å². The molecule has 1 aromatic heterocycles. The first-order chi connectivity index (χ1) is 9.56. The van der Waals surface area contributed by atoms with Gasteiger partial charge in [0.2, 0.25) is 0 Å². The van der Waals surface area contributed by atoms with E-state index < -0.39 is 12.0 Å². The van der Waals surface area contributed by atoms with Crippen LogP contribution in [0.2, 0.25) is 0 Å². The molecule has 5 heteroatoms. The van der Waals surface area contributed by atoms with Crippen LogP contribution in [0.1, 0.15) is 31.6 Å². The Hall–Kier alpha value is -1.33. The summed E-state index contributed by atoms with van der Waals surface area (Å²) in [6, 6.07) is 7.45. The van der Waals surface area contributed by atoms with E-state index in [4.69, 9.17) is 4.42 Å². The van der Waals surface area contributed by atoms with Crippen LogP contribution in [-0.4, -0.2) is 28.6 Å². The summed E-state index contributed by atoms with van der Waals surface area (Å²) < 4.78 is 6.88. The average Bonchev–Trinajstić information content (AvgIpc) is 3.03. The van der Waals surface area contributed by atoms with Crippen molar-refractivity contribution in [2.45, 2.75) is 31.8 Å². The number of furan rings is 1. The van der Waals surface area contributed by atoms with Crippen molar-refractivity contribution >= 4 is 32.9 Å². The van der Waals surface area contributed by atoms with E-state index >= 15 is 0 Å². The summed E-state index contributed by atoms with van der Waals surface area (Å²) in [6.07, 6.45) is 1.64. The van der Waals surface area contributed by atoms with Crippen LogP contribution in [0.15, 0.2) is 33.2 Å². The van der Waals surface area contributed by atoms with Crippen LogP contribution in [0.3, 0.4) is 0 Å². The Balaban J connectivity index is 1.91. The number of rotatable bonds is 3. The molecule has 1 N–H and O–H groups in total. The van der Waals surface area contributed by atoms with E-state index in [0.717, 1.165) is 34.2 Å². The Labute approximate surface area is 125 Å². The molecule has 1 aliphatic rings. The quantitative estimate of drug-likeness (QED) is 0.925. The summed E-state index contributed by atoms with van der Waals surface area (Å²) >= 11 is 3.44. The second kappa shape index (κ2) is 5.22. The van der Waals surface area contributed by atoms with Crippen molar-refractivity contribution < 1.29 is 14.3 Å². The Morgan fingerprint density at radius 3 is 3.05 bits per heavy atom. The molecule has 2 unspecified atom stereocenters. The largest absolute Gasteiger partial charge is 0.480 e. The number of benzene rings is 1. The first-order valence-electron chi connectivity index (χ1n) is 6.74. The SMILES string of the molecule is CC(c1cc2cc(Br)ccc2o1)N1CCCC1C(=O)O. The van der Waals surface area contributed by atoms with E-state index in [-0.39, 0.29) is 6.04 Å². The Morgan fingerprint density at radius 2 is 2.30 bits per heavy atom. The summed E-state index contributed by atoms with van der Waals surface area (Å²) in [4.78, 5) is 13.3. The fourth-order valence-corrected chi connectivity index (χ4v) is 3.30. The lowest BCUT2D eigenvalue weighted by molar-refractivity contribution is -0.143. The van der Waals surface area contributed by atoms with Crippen molar-refractivity contribution in [1.29, 1.82) is 0 Å². The molecule has 3 rings (SSSR count). The predicted octanol–water partition coefficient (Wildman–Crippen LogP) is 3.81. The monoisotopic (exact) mass is 337 g/mol. The second-order valence-corrected chi connectivity index (χ2v) is 6.16. The normalized spacial score (nSPS) is 21.4. The molecule has 2 heterocycles.